The van der Waals surface area contributed by atoms with Crippen LogP contribution in [0, 0.1) is 0 Å². The van der Waals surface area contributed by atoms with E-state index >= 15 is 0 Å². The van der Waals surface area contributed by atoms with E-state index in [2.05, 4.69) is 35.1 Å². The average Bonchev–Trinajstić information content (AvgIpc) is 3.79. The molecule has 3 heterocycles. The van der Waals surface area contributed by atoms with Gasteiger partial charge in [0.2, 0.25) is 5.91 Å². The first kappa shape index (κ1) is 34.1. The summed E-state index contributed by atoms with van der Waals surface area (Å²) in [6, 6.07) is 17.2. The van der Waals surface area contributed by atoms with Crippen LogP contribution in [0.4, 0.5) is 11.5 Å². The van der Waals surface area contributed by atoms with Crippen LogP contribution in [-0.4, -0.2) is 57.6 Å². The first-order valence-corrected chi connectivity index (χ1v) is 17.9. The summed E-state index contributed by atoms with van der Waals surface area (Å²) in [5.74, 6) is 1.82. The first-order valence-electron chi connectivity index (χ1n) is 16.6. The highest BCUT2D eigenvalue weighted by atomic mass is 32.2. The fourth-order valence-corrected chi connectivity index (χ4v) is 6.54. The summed E-state index contributed by atoms with van der Waals surface area (Å²) in [7, 11) is -1.21. The fourth-order valence-electron chi connectivity index (χ4n) is 5.43. The molecule has 1 fully saturated rings. The molecule has 10 heteroatoms. The number of aromatic nitrogens is 3. The quantitative estimate of drug-likeness (QED) is 0.0956. The molecule has 0 radical (unpaired) electrons. The van der Waals surface area contributed by atoms with Crippen LogP contribution in [-0.2, 0) is 32.6 Å². The van der Waals surface area contributed by atoms with Gasteiger partial charge in [-0.2, -0.15) is 0 Å². The van der Waals surface area contributed by atoms with Crippen molar-refractivity contribution in [3.8, 4) is 16.9 Å². The van der Waals surface area contributed by atoms with Crippen LogP contribution in [0.1, 0.15) is 57.2 Å². The maximum absolute atomic E-state index is 13.0. The Morgan fingerprint density at radius 3 is 2.49 bits per heavy atom. The zero-order chi connectivity index (χ0) is 32.8. The molecule has 1 unspecified atom stereocenters. The van der Waals surface area contributed by atoms with Gasteiger partial charge in [-0.3, -0.25) is 9.00 Å². The molecule has 0 spiro atoms. The molecule has 4 aromatic rings. The van der Waals surface area contributed by atoms with Gasteiger partial charge in [0.1, 0.15) is 18.2 Å². The number of unbranched alkanes of at least 4 members (excludes halogenated alkanes) is 1. The second kappa shape index (κ2) is 17.6. The number of nitrogens with zero attached hydrogens (tertiary/aromatic N) is 4. The number of benzene rings is 2. The molecule has 2 aromatic carbocycles. The van der Waals surface area contributed by atoms with Gasteiger partial charge in [0.15, 0.2) is 0 Å². The number of aryl methyl sites for hydroxylation is 1. The van der Waals surface area contributed by atoms with Crippen molar-refractivity contribution in [1.82, 2.24) is 14.5 Å². The fraction of sp³-hybridized carbons (Fsp3) is 0.378. The third-order valence-corrected chi connectivity index (χ3v) is 9.32. The number of ether oxygens (including phenoxy) is 2. The topological polar surface area (TPSA) is 98.6 Å². The Balaban J connectivity index is 1.22. The van der Waals surface area contributed by atoms with E-state index < -0.39 is 10.8 Å². The summed E-state index contributed by atoms with van der Waals surface area (Å²) in [5.41, 5.74) is 4.45. The van der Waals surface area contributed by atoms with E-state index in [1.807, 2.05) is 41.1 Å². The summed E-state index contributed by atoms with van der Waals surface area (Å²) in [6.07, 6.45) is 14.2. The lowest BCUT2D eigenvalue weighted by Gasteiger charge is -2.19. The van der Waals surface area contributed by atoms with Gasteiger partial charge >= 0.3 is 0 Å². The second-order valence-electron chi connectivity index (χ2n) is 11.6. The number of carbonyl (C=O) groups excluding carboxylic acids is 1. The minimum atomic E-state index is -1.21. The van der Waals surface area contributed by atoms with Crippen molar-refractivity contribution >= 4 is 34.3 Å². The average molecular weight is 656 g/mol. The summed E-state index contributed by atoms with van der Waals surface area (Å²) < 4.78 is 26.4. The van der Waals surface area contributed by atoms with Crippen LogP contribution in [0.3, 0.4) is 0 Å². The summed E-state index contributed by atoms with van der Waals surface area (Å²) >= 11 is 0. The summed E-state index contributed by atoms with van der Waals surface area (Å²) in [5, 5.41) is 2.93. The van der Waals surface area contributed by atoms with Crippen molar-refractivity contribution in [2.24, 2.45) is 0 Å². The van der Waals surface area contributed by atoms with Gasteiger partial charge in [-0.1, -0.05) is 32.4 Å². The predicted octanol–water partition coefficient (Wildman–Crippen LogP) is 7.11. The minimum absolute atomic E-state index is 0.250. The molecule has 1 N–H and O–H groups in total. The van der Waals surface area contributed by atoms with Gasteiger partial charge in [-0.25, -0.2) is 9.97 Å². The number of pyridine rings is 1. The van der Waals surface area contributed by atoms with E-state index in [-0.39, 0.29) is 5.91 Å². The molecule has 0 saturated carbocycles. The molecule has 248 valence electrons. The van der Waals surface area contributed by atoms with E-state index in [4.69, 9.17) is 14.5 Å². The Kier molecular flexibility index (Phi) is 12.7. The van der Waals surface area contributed by atoms with Crippen molar-refractivity contribution in [3.63, 3.8) is 0 Å². The molecule has 1 atom stereocenters. The Labute approximate surface area is 280 Å². The number of anilines is 2. The highest BCUT2D eigenvalue weighted by Crippen LogP contribution is 2.29. The molecule has 1 saturated heterocycles. The lowest BCUT2D eigenvalue weighted by atomic mass is 10.0. The van der Waals surface area contributed by atoms with Crippen LogP contribution in [0.25, 0.3) is 17.2 Å². The molecule has 2 aromatic heterocycles. The molecule has 47 heavy (non-hydrogen) atoms. The number of hydrogen-bond acceptors (Lipinski definition) is 7. The lowest BCUT2D eigenvalue weighted by molar-refractivity contribution is -0.111. The van der Waals surface area contributed by atoms with Gasteiger partial charge in [-0.05, 0) is 79.8 Å². The summed E-state index contributed by atoms with van der Waals surface area (Å²) in [6.45, 7) is 8.85. The van der Waals surface area contributed by atoms with Crippen LogP contribution in [0.2, 0.25) is 0 Å². The van der Waals surface area contributed by atoms with E-state index in [0.29, 0.717) is 29.5 Å². The number of rotatable bonds is 17. The standard InChI is InChI=1S/C37H45N5O4S/c1-3-5-21-45-22-23-46-34-13-8-29(9-14-34)31-24-30(37(39-25-31)41-19-6-7-20-41)10-17-36(43)40-32-11-15-35(16-12-32)47(44)27-33-26-38-28-42(33)18-4-2/h8-17,24-26,28H,3-7,18-23,27H2,1-2H3,(H,40,43)/b17-10+. The van der Waals surface area contributed by atoms with Gasteiger partial charge in [0.25, 0.3) is 0 Å². The number of amides is 1. The molecule has 9 nitrogen and oxygen atoms in total. The molecule has 1 amide bonds. The molecule has 1 aliphatic rings. The van der Waals surface area contributed by atoms with E-state index in [0.717, 1.165) is 92.3 Å². The van der Waals surface area contributed by atoms with Crippen molar-refractivity contribution in [2.45, 2.75) is 63.1 Å². The van der Waals surface area contributed by atoms with Crippen molar-refractivity contribution < 1.29 is 18.5 Å². The zero-order valence-electron chi connectivity index (χ0n) is 27.4. The predicted molar refractivity (Wildman–Crippen MR) is 189 cm³/mol. The number of hydrogen-bond donors (Lipinski definition) is 1. The van der Waals surface area contributed by atoms with E-state index in [9.17, 15) is 9.00 Å². The van der Waals surface area contributed by atoms with E-state index in [1.165, 1.54) is 0 Å². The largest absolute Gasteiger partial charge is 0.491 e. The SMILES string of the molecule is CCCCOCCOc1ccc(-c2cnc(N3CCCC3)c(/C=C/C(=O)Nc3ccc(S(=O)Cc4cncn4CCC)cc3)c2)cc1. The first-order chi connectivity index (χ1) is 23.0. The Bertz CT molecular complexity index is 1630. The van der Waals surface area contributed by atoms with Crippen LogP contribution >= 0.6 is 0 Å². The second-order valence-corrected chi connectivity index (χ2v) is 13.0. The summed E-state index contributed by atoms with van der Waals surface area (Å²) in [4.78, 5) is 25.0. The third kappa shape index (κ3) is 9.86. The molecular weight excluding hydrogens is 611 g/mol. The highest BCUT2D eigenvalue weighted by Gasteiger charge is 2.17. The number of imidazole rings is 1. The molecule has 5 rings (SSSR count). The third-order valence-electron chi connectivity index (χ3n) is 7.97. The van der Waals surface area contributed by atoms with Gasteiger partial charge < -0.3 is 24.3 Å². The Hall–Kier alpha value is -4.28. The smallest absolute Gasteiger partial charge is 0.248 e. The van der Waals surface area contributed by atoms with Crippen molar-refractivity contribution in [2.75, 3.05) is 43.1 Å². The molecular formula is C37H45N5O4S. The van der Waals surface area contributed by atoms with Crippen molar-refractivity contribution in [1.29, 1.82) is 0 Å². The maximum Gasteiger partial charge on any atom is 0.248 e. The van der Waals surface area contributed by atoms with Gasteiger partial charge in [0.05, 0.1) is 35.2 Å². The maximum atomic E-state index is 13.0. The monoisotopic (exact) mass is 655 g/mol. The molecule has 0 bridgehead atoms. The Morgan fingerprint density at radius 1 is 0.957 bits per heavy atom. The normalized spacial score (nSPS) is 13.7. The Morgan fingerprint density at radius 2 is 1.74 bits per heavy atom. The number of carbonyl (C=O) groups is 1. The van der Waals surface area contributed by atoms with Crippen LogP contribution in [0.15, 0.2) is 84.3 Å². The zero-order valence-corrected chi connectivity index (χ0v) is 28.2. The lowest BCUT2D eigenvalue weighted by Crippen LogP contribution is -2.20. The highest BCUT2D eigenvalue weighted by molar-refractivity contribution is 7.84. The molecule has 1 aliphatic heterocycles. The van der Waals surface area contributed by atoms with Gasteiger partial charge in [-0.15, -0.1) is 0 Å². The van der Waals surface area contributed by atoms with Gasteiger partial charge in [0, 0.05) is 66.4 Å². The van der Waals surface area contributed by atoms with E-state index in [1.54, 1.807) is 42.9 Å². The van der Waals surface area contributed by atoms with Crippen LogP contribution < -0.4 is 15.0 Å². The number of nitrogens with one attached hydrogen (secondary N) is 1. The minimum Gasteiger partial charge on any atom is -0.491 e. The molecule has 0 aliphatic carbocycles. The van der Waals surface area contributed by atoms with Crippen molar-refractivity contribution in [3.05, 3.63) is 90.7 Å². The van der Waals surface area contributed by atoms with Crippen LogP contribution in [0.5, 0.6) is 5.75 Å².